The van der Waals surface area contributed by atoms with Crippen molar-refractivity contribution in [3.63, 3.8) is 0 Å². The fourth-order valence-electron chi connectivity index (χ4n) is 4.75. The van der Waals surface area contributed by atoms with Gasteiger partial charge in [0.25, 0.3) is 0 Å². The molecule has 10 heteroatoms. The number of hydrogen-bond acceptors (Lipinski definition) is 8. The second kappa shape index (κ2) is 15.6. The molecule has 4 aromatic carbocycles. The largest absolute Gasteiger partial charge is 0.486 e. The van der Waals surface area contributed by atoms with Gasteiger partial charge >= 0.3 is 0 Å². The maximum Gasteiger partial charge on any atom is 0.191 e. The molecule has 8 nitrogen and oxygen atoms in total. The van der Waals surface area contributed by atoms with Crippen LogP contribution in [0.5, 0.6) is 11.5 Å². The molecule has 46 heavy (non-hydrogen) atoms. The lowest BCUT2D eigenvalue weighted by molar-refractivity contribution is 0.288. The summed E-state index contributed by atoms with van der Waals surface area (Å²) in [4.78, 5) is 0. The molecule has 2 aromatic heterocycles. The van der Waals surface area contributed by atoms with Crippen molar-refractivity contribution in [1.82, 2.24) is 29.5 Å². The minimum Gasteiger partial charge on any atom is -0.486 e. The van der Waals surface area contributed by atoms with Gasteiger partial charge in [0, 0.05) is 11.5 Å². The van der Waals surface area contributed by atoms with Gasteiger partial charge in [-0.15, -0.1) is 20.4 Å². The van der Waals surface area contributed by atoms with Crippen molar-refractivity contribution in [1.29, 1.82) is 0 Å². The molecule has 0 saturated carbocycles. The number of aromatic nitrogens is 6. The minimum atomic E-state index is 0.341. The van der Waals surface area contributed by atoms with E-state index in [-0.39, 0.29) is 0 Å². The molecule has 0 amide bonds. The molecule has 0 aliphatic rings. The molecular formula is C36H36N6O2S2. The summed E-state index contributed by atoms with van der Waals surface area (Å²) < 4.78 is 16.4. The third-order valence-electron chi connectivity index (χ3n) is 7.28. The van der Waals surface area contributed by atoms with Crippen LogP contribution in [-0.2, 0) is 26.3 Å². The molecule has 0 atom stereocenters. The van der Waals surface area contributed by atoms with E-state index in [1.807, 2.05) is 60.7 Å². The molecule has 2 heterocycles. The number of nitrogens with zero attached hydrogens (tertiary/aromatic N) is 6. The van der Waals surface area contributed by atoms with E-state index in [2.05, 4.69) is 91.9 Å². The highest BCUT2D eigenvalue weighted by molar-refractivity contribution is 8.02. The maximum absolute atomic E-state index is 6.07. The van der Waals surface area contributed by atoms with E-state index >= 15 is 0 Å². The van der Waals surface area contributed by atoms with Crippen molar-refractivity contribution in [3.05, 3.63) is 143 Å². The molecule has 0 radical (unpaired) electrons. The van der Waals surface area contributed by atoms with Crippen molar-refractivity contribution < 1.29 is 9.47 Å². The normalized spacial score (nSPS) is 11.1. The number of thioether (sulfide) groups is 2. The summed E-state index contributed by atoms with van der Waals surface area (Å²) >= 11 is 3.37. The van der Waals surface area contributed by atoms with Crippen LogP contribution in [-0.4, -0.2) is 41.0 Å². The molecule has 0 aliphatic heterocycles. The lowest BCUT2D eigenvalue weighted by atomic mass is 10.2. The zero-order valence-electron chi connectivity index (χ0n) is 26.0. The van der Waals surface area contributed by atoms with Crippen molar-refractivity contribution in [2.24, 2.45) is 0 Å². The molecule has 6 rings (SSSR count). The Bertz CT molecular complexity index is 1670. The summed E-state index contributed by atoms with van der Waals surface area (Å²) in [5.41, 5.74) is 4.76. The predicted octanol–water partition coefficient (Wildman–Crippen LogP) is 7.63. The number of hydrogen-bond donors (Lipinski definition) is 0. The first-order valence-electron chi connectivity index (χ1n) is 15.2. The van der Waals surface area contributed by atoms with Crippen LogP contribution in [0.4, 0.5) is 0 Å². The molecule has 0 unspecified atom stereocenters. The van der Waals surface area contributed by atoms with Crippen molar-refractivity contribution in [3.8, 4) is 11.5 Å². The number of ether oxygens (including phenoxy) is 2. The van der Waals surface area contributed by atoms with E-state index in [9.17, 15) is 0 Å². The Balaban J connectivity index is 1.12. The van der Waals surface area contributed by atoms with Gasteiger partial charge < -0.3 is 9.47 Å². The second-order valence-electron chi connectivity index (χ2n) is 10.8. The fourth-order valence-corrected chi connectivity index (χ4v) is 6.63. The van der Waals surface area contributed by atoms with Crippen LogP contribution >= 0.6 is 23.5 Å². The van der Waals surface area contributed by atoms with Crippen LogP contribution in [0.2, 0.25) is 0 Å². The van der Waals surface area contributed by atoms with Gasteiger partial charge in [-0.3, -0.25) is 9.13 Å². The van der Waals surface area contributed by atoms with Gasteiger partial charge in [0.15, 0.2) is 22.0 Å². The van der Waals surface area contributed by atoms with Crippen LogP contribution in [0, 0.1) is 13.8 Å². The highest BCUT2D eigenvalue weighted by atomic mass is 32.2. The standard InChI is InChI=1S/C36H36N6O2S2/c1-27-13-17-31(18-14-27)43-25-33-37-39-35(41(33)23-29-9-5-3-6-10-29)45-21-22-46-36-40-38-34(26-44-32-19-15-28(2)16-20-32)42(36)24-30-11-7-4-8-12-30/h3-20H,21-26H2,1-2H3. The second-order valence-corrected chi connectivity index (χ2v) is 13.0. The van der Waals surface area contributed by atoms with Crippen molar-refractivity contribution in [2.45, 2.75) is 50.5 Å². The number of benzene rings is 4. The topological polar surface area (TPSA) is 79.9 Å². The quantitative estimate of drug-likeness (QED) is 0.0831. The average Bonchev–Trinajstić information content (AvgIpc) is 3.66. The van der Waals surface area contributed by atoms with E-state index in [1.54, 1.807) is 23.5 Å². The van der Waals surface area contributed by atoms with Crippen LogP contribution in [0.15, 0.2) is 120 Å². The summed E-state index contributed by atoms with van der Waals surface area (Å²) in [6.45, 7) is 6.16. The zero-order valence-corrected chi connectivity index (χ0v) is 27.6. The van der Waals surface area contributed by atoms with E-state index in [0.29, 0.717) is 26.3 Å². The van der Waals surface area contributed by atoms with Crippen LogP contribution in [0.3, 0.4) is 0 Å². The van der Waals surface area contributed by atoms with Gasteiger partial charge in [-0.25, -0.2) is 0 Å². The minimum absolute atomic E-state index is 0.341. The van der Waals surface area contributed by atoms with Gasteiger partial charge in [0.2, 0.25) is 0 Å². The van der Waals surface area contributed by atoms with Crippen molar-refractivity contribution in [2.75, 3.05) is 11.5 Å². The summed E-state index contributed by atoms with van der Waals surface area (Å²) in [5, 5.41) is 19.9. The SMILES string of the molecule is Cc1ccc(OCc2nnc(SCCSc3nnc(COc4ccc(C)cc4)n3Cc3ccccc3)n2Cc2ccccc2)cc1. The first-order valence-corrected chi connectivity index (χ1v) is 17.1. The molecule has 0 spiro atoms. The molecule has 0 saturated heterocycles. The first kappa shape index (κ1) is 31.4. The number of rotatable bonds is 15. The number of aryl methyl sites for hydroxylation is 2. The highest BCUT2D eigenvalue weighted by Gasteiger charge is 2.17. The lowest BCUT2D eigenvalue weighted by Crippen LogP contribution is -2.10. The van der Waals surface area contributed by atoms with E-state index < -0.39 is 0 Å². The van der Waals surface area contributed by atoms with Crippen LogP contribution in [0.25, 0.3) is 0 Å². The van der Waals surface area contributed by atoms with Gasteiger partial charge in [0.05, 0.1) is 13.1 Å². The Labute approximate surface area is 278 Å². The highest BCUT2D eigenvalue weighted by Crippen LogP contribution is 2.25. The Morgan fingerprint density at radius 3 is 1.28 bits per heavy atom. The van der Waals surface area contributed by atoms with Gasteiger partial charge in [-0.05, 0) is 49.2 Å². The maximum atomic E-state index is 6.07. The Morgan fingerprint density at radius 1 is 0.500 bits per heavy atom. The predicted molar refractivity (Wildman–Crippen MR) is 184 cm³/mol. The average molecular weight is 649 g/mol. The van der Waals surface area contributed by atoms with Crippen LogP contribution < -0.4 is 9.47 Å². The first-order chi connectivity index (χ1) is 22.6. The third-order valence-corrected chi connectivity index (χ3v) is 9.47. The molecule has 6 aromatic rings. The Hall–Kier alpha value is -4.54. The molecule has 0 bridgehead atoms. The van der Waals surface area contributed by atoms with E-state index in [1.165, 1.54) is 22.3 Å². The van der Waals surface area contributed by atoms with Crippen LogP contribution in [0.1, 0.15) is 33.9 Å². The summed E-state index contributed by atoms with van der Waals surface area (Å²) in [6, 6.07) is 36.9. The Kier molecular flexibility index (Phi) is 10.7. The lowest BCUT2D eigenvalue weighted by Gasteiger charge is -2.12. The van der Waals surface area contributed by atoms with E-state index in [4.69, 9.17) is 9.47 Å². The summed E-state index contributed by atoms with van der Waals surface area (Å²) in [5.74, 6) is 4.86. The third kappa shape index (κ3) is 8.58. The smallest absolute Gasteiger partial charge is 0.191 e. The zero-order chi connectivity index (χ0) is 31.6. The van der Waals surface area contributed by atoms with Gasteiger partial charge in [0.1, 0.15) is 24.7 Å². The fraction of sp³-hybridized carbons (Fsp3) is 0.222. The van der Waals surface area contributed by atoms with E-state index in [0.717, 1.165) is 45.0 Å². The van der Waals surface area contributed by atoms with Gasteiger partial charge in [-0.1, -0.05) is 120 Å². The molecule has 0 fully saturated rings. The monoisotopic (exact) mass is 648 g/mol. The summed E-state index contributed by atoms with van der Waals surface area (Å²) in [6.07, 6.45) is 0. The molecule has 234 valence electrons. The van der Waals surface area contributed by atoms with Gasteiger partial charge in [-0.2, -0.15) is 0 Å². The molecular weight excluding hydrogens is 613 g/mol. The summed E-state index contributed by atoms with van der Waals surface area (Å²) in [7, 11) is 0. The van der Waals surface area contributed by atoms with Crippen molar-refractivity contribution >= 4 is 23.5 Å². The Morgan fingerprint density at radius 2 is 0.891 bits per heavy atom. The molecule has 0 N–H and O–H groups in total. The molecule has 0 aliphatic carbocycles.